The topological polar surface area (TPSA) is 92.7 Å². The zero-order valence-electron chi connectivity index (χ0n) is 15.2. The van der Waals surface area contributed by atoms with Gasteiger partial charge in [0.25, 0.3) is 0 Å². The Hall–Kier alpha value is -2.99. The quantitative estimate of drug-likeness (QED) is 0.399. The summed E-state index contributed by atoms with van der Waals surface area (Å²) in [5.74, 6) is -1.60. The van der Waals surface area contributed by atoms with E-state index in [2.05, 4.69) is 5.32 Å². The summed E-state index contributed by atoms with van der Waals surface area (Å²) in [6, 6.07) is 16.0. The van der Waals surface area contributed by atoms with Crippen molar-refractivity contribution in [1.82, 2.24) is 5.32 Å². The van der Waals surface area contributed by atoms with E-state index < -0.39 is 17.8 Å². The van der Waals surface area contributed by atoms with Crippen LogP contribution in [0.3, 0.4) is 0 Å². The van der Waals surface area contributed by atoms with Gasteiger partial charge in [-0.2, -0.15) is 0 Å². The molecule has 6 nitrogen and oxygen atoms in total. The molecule has 1 unspecified atom stereocenters. The molecule has 0 radical (unpaired) electrons. The van der Waals surface area contributed by atoms with Gasteiger partial charge in [0.1, 0.15) is 17.5 Å². The summed E-state index contributed by atoms with van der Waals surface area (Å²) in [4.78, 5) is 36.3. The molecule has 0 aliphatic carbocycles. The van der Waals surface area contributed by atoms with Gasteiger partial charge >= 0.3 is 5.97 Å². The zero-order chi connectivity index (χ0) is 19.6. The van der Waals surface area contributed by atoms with E-state index in [4.69, 9.17) is 9.84 Å². The molecule has 0 fully saturated rings. The van der Waals surface area contributed by atoms with Crippen LogP contribution in [0.2, 0.25) is 0 Å². The molecule has 0 spiro atoms. The third-order valence-corrected chi connectivity index (χ3v) is 3.94. The highest BCUT2D eigenvalue weighted by Crippen LogP contribution is 2.17. The van der Waals surface area contributed by atoms with Crippen LogP contribution in [0.4, 0.5) is 0 Å². The number of nitrogens with one attached hydrogen (secondary N) is 1. The van der Waals surface area contributed by atoms with E-state index in [0.29, 0.717) is 11.3 Å². The number of ketones is 1. The van der Waals surface area contributed by atoms with Crippen LogP contribution in [-0.4, -0.2) is 35.9 Å². The first-order valence-corrected chi connectivity index (χ1v) is 8.72. The monoisotopic (exact) mass is 369 g/mol. The fourth-order valence-electron chi connectivity index (χ4n) is 2.71. The van der Waals surface area contributed by atoms with Crippen LogP contribution in [0.25, 0.3) is 0 Å². The van der Waals surface area contributed by atoms with Gasteiger partial charge in [-0.3, -0.25) is 14.4 Å². The molecule has 2 aromatic rings. The number of hydrogen-bond donors (Lipinski definition) is 2. The number of esters is 1. The molecule has 2 rings (SSSR count). The summed E-state index contributed by atoms with van der Waals surface area (Å²) < 4.78 is 5.04. The van der Waals surface area contributed by atoms with E-state index in [1.807, 2.05) is 30.3 Å². The summed E-state index contributed by atoms with van der Waals surface area (Å²) in [6.07, 6.45) is 0.319. The number of benzene rings is 2. The number of carbonyl (C=O) groups is 3. The summed E-state index contributed by atoms with van der Waals surface area (Å²) >= 11 is 0. The van der Waals surface area contributed by atoms with E-state index in [-0.39, 0.29) is 31.8 Å². The fraction of sp³-hybridized carbons (Fsp3) is 0.286. The van der Waals surface area contributed by atoms with Gasteiger partial charge in [0.2, 0.25) is 5.91 Å². The van der Waals surface area contributed by atoms with Crippen LogP contribution >= 0.6 is 0 Å². The molecular formula is C21H23NO5. The smallest absolute Gasteiger partial charge is 0.308 e. The van der Waals surface area contributed by atoms with Gasteiger partial charge in [-0.25, -0.2) is 0 Å². The Balaban J connectivity index is 2.15. The molecule has 1 atom stereocenters. The SMILES string of the molecule is CC(=O)Oc1cccc(CC(=O)C(Cc2ccccc2)C(=O)NCCO)c1. The van der Waals surface area contributed by atoms with E-state index in [1.165, 1.54) is 6.92 Å². The molecule has 2 N–H and O–H groups in total. The molecule has 0 bridgehead atoms. The maximum Gasteiger partial charge on any atom is 0.308 e. The third-order valence-electron chi connectivity index (χ3n) is 3.94. The van der Waals surface area contributed by atoms with Crippen LogP contribution in [-0.2, 0) is 27.2 Å². The lowest BCUT2D eigenvalue weighted by Crippen LogP contribution is -2.38. The van der Waals surface area contributed by atoms with Crippen LogP contribution in [0, 0.1) is 5.92 Å². The molecule has 0 saturated carbocycles. The van der Waals surface area contributed by atoms with Gasteiger partial charge in [0.15, 0.2) is 0 Å². The standard InChI is InChI=1S/C21H23NO5/c1-15(24)27-18-9-5-8-17(12-18)14-20(25)19(21(26)22-10-11-23)13-16-6-3-2-4-7-16/h2-9,12,19,23H,10-11,13-14H2,1H3,(H,22,26). The minimum atomic E-state index is -0.865. The predicted molar refractivity (Wildman–Crippen MR) is 100 cm³/mol. The minimum Gasteiger partial charge on any atom is -0.427 e. The van der Waals surface area contributed by atoms with Gasteiger partial charge < -0.3 is 15.2 Å². The summed E-state index contributed by atoms with van der Waals surface area (Å²) in [7, 11) is 0. The number of ether oxygens (including phenoxy) is 1. The Labute approximate surface area is 158 Å². The number of hydrogen-bond acceptors (Lipinski definition) is 5. The average molecular weight is 369 g/mol. The first kappa shape index (κ1) is 20.3. The van der Waals surface area contributed by atoms with Gasteiger partial charge in [0.05, 0.1) is 6.61 Å². The molecule has 6 heteroatoms. The van der Waals surface area contributed by atoms with Crippen molar-refractivity contribution in [1.29, 1.82) is 0 Å². The zero-order valence-corrected chi connectivity index (χ0v) is 15.2. The Morgan fingerprint density at radius 1 is 1.04 bits per heavy atom. The molecular weight excluding hydrogens is 346 g/mol. The second-order valence-corrected chi connectivity index (χ2v) is 6.14. The fourth-order valence-corrected chi connectivity index (χ4v) is 2.71. The molecule has 142 valence electrons. The maximum absolute atomic E-state index is 12.8. The van der Waals surface area contributed by atoms with Crippen molar-refractivity contribution in [3.63, 3.8) is 0 Å². The molecule has 0 aliphatic rings. The summed E-state index contributed by atoms with van der Waals surface area (Å²) in [5.41, 5.74) is 1.54. The Bertz CT molecular complexity index is 788. The number of Topliss-reactive ketones (excluding diaryl/α,β-unsaturated/α-hetero) is 1. The van der Waals surface area contributed by atoms with Crippen molar-refractivity contribution in [2.75, 3.05) is 13.2 Å². The van der Waals surface area contributed by atoms with E-state index in [1.54, 1.807) is 24.3 Å². The Morgan fingerprint density at radius 2 is 1.74 bits per heavy atom. The normalized spacial score (nSPS) is 11.5. The number of aliphatic hydroxyl groups is 1. The van der Waals surface area contributed by atoms with E-state index >= 15 is 0 Å². The Morgan fingerprint density at radius 3 is 2.41 bits per heavy atom. The highest BCUT2D eigenvalue weighted by Gasteiger charge is 2.26. The summed E-state index contributed by atoms with van der Waals surface area (Å²) in [5, 5.41) is 11.5. The van der Waals surface area contributed by atoms with Crippen molar-refractivity contribution in [3.8, 4) is 5.75 Å². The average Bonchev–Trinajstić information content (AvgIpc) is 2.64. The van der Waals surface area contributed by atoms with Crippen molar-refractivity contribution in [2.24, 2.45) is 5.92 Å². The Kier molecular flexibility index (Phi) is 7.70. The number of rotatable bonds is 9. The molecule has 27 heavy (non-hydrogen) atoms. The van der Waals surface area contributed by atoms with Gasteiger partial charge in [0, 0.05) is 19.9 Å². The number of aliphatic hydroxyl groups excluding tert-OH is 1. The first-order chi connectivity index (χ1) is 13.0. The molecule has 0 saturated heterocycles. The third kappa shape index (κ3) is 6.67. The van der Waals surface area contributed by atoms with Crippen LogP contribution in [0.1, 0.15) is 18.1 Å². The van der Waals surface area contributed by atoms with Crippen molar-refractivity contribution < 1.29 is 24.2 Å². The lowest BCUT2D eigenvalue weighted by molar-refractivity contribution is -0.134. The van der Waals surface area contributed by atoms with Gasteiger partial charge in [-0.05, 0) is 29.7 Å². The largest absolute Gasteiger partial charge is 0.427 e. The number of amides is 1. The van der Waals surface area contributed by atoms with Crippen LogP contribution < -0.4 is 10.1 Å². The summed E-state index contributed by atoms with van der Waals surface area (Å²) in [6.45, 7) is 1.21. The van der Waals surface area contributed by atoms with Gasteiger partial charge in [-0.1, -0.05) is 42.5 Å². The molecule has 1 amide bonds. The van der Waals surface area contributed by atoms with E-state index in [0.717, 1.165) is 5.56 Å². The van der Waals surface area contributed by atoms with Crippen molar-refractivity contribution in [2.45, 2.75) is 19.8 Å². The van der Waals surface area contributed by atoms with E-state index in [9.17, 15) is 14.4 Å². The molecule has 2 aromatic carbocycles. The molecule has 0 aromatic heterocycles. The molecule has 0 aliphatic heterocycles. The highest BCUT2D eigenvalue weighted by atomic mass is 16.5. The second kappa shape index (κ2) is 10.2. The second-order valence-electron chi connectivity index (χ2n) is 6.14. The highest BCUT2D eigenvalue weighted by molar-refractivity contribution is 6.02. The van der Waals surface area contributed by atoms with Gasteiger partial charge in [-0.15, -0.1) is 0 Å². The minimum absolute atomic E-state index is 0.0408. The van der Waals surface area contributed by atoms with Crippen LogP contribution in [0.5, 0.6) is 5.75 Å². The van der Waals surface area contributed by atoms with Crippen molar-refractivity contribution in [3.05, 3.63) is 65.7 Å². The lowest BCUT2D eigenvalue weighted by Gasteiger charge is -2.16. The maximum atomic E-state index is 12.8. The predicted octanol–water partition coefficient (Wildman–Crippen LogP) is 1.69. The van der Waals surface area contributed by atoms with Crippen LogP contribution in [0.15, 0.2) is 54.6 Å². The number of carbonyl (C=O) groups excluding carboxylic acids is 3. The van der Waals surface area contributed by atoms with Crippen molar-refractivity contribution >= 4 is 17.7 Å². The first-order valence-electron chi connectivity index (χ1n) is 8.72. The molecule has 0 heterocycles. The lowest BCUT2D eigenvalue weighted by atomic mass is 9.90.